The minimum atomic E-state index is -0.673. The molecular weight excluding hydrogens is 216 g/mol. The van der Waals surface area contributed by atoms with Crippen LogP contribution < -0.4 is 10.1 Å². The number of benzene rings is 1. The molecule has 1 aromatic carbocycles. The Morgan fingerprint density at radius 3 is 2.62 bits per heavy atom. The maximum absolute atomic E-state index is 10.8. The van der Waals surface area contributed by atoms with Gasteiger partial charge < -0.3 is 15.2 Å². The minimum absolute atomic E-state index is 0.0270. The van der Waals surface area contributed by atoms with E-state index in [0.29, 0.717) is 0 Å². The quantitative estimate of drug-likeness (QED) is 0.596. The van der Waals surface area contributed by atoms with Crippen molar-refractivity contribution in [1.29, 1.82) is 0 Å². The van der Waals surface area contributed by atoms with E-state index in [1.165, 1.54) is 14.0 Å². The number of nitrogens with one attached hydrogen (secondary N) is 1. The van der Waals surface area contributed by atoms with Gasteiger partial charge >= 0.3 is 0 Å². The second-order valence-electron chi connectivity index (χ2n) is 2.98. The number of amides is 1. The smallest absolute Gasteiger partial charge is 0.296 e. The largest absolute Gasteiger partial charge is 0.504 e. The number of carbonyl (C=O) groups excluding carboxylic acids is 1. The number of nitrogens with zero attached hydrogens (tertiary/aromatic N) is 1. The first-order chi connectivity index (χ1) is 7.45. The summed E-state index contributed by atoms with van der Waals surface area (Å²) in [7, 11) is 1.27. The molecule has 0 fully saturated rings. The van der Waals surface area contributed by atoms with Crippen molar-refractivity contribution < 1.29 is 19.6 Å². The van der Waals surface area contributed by atoms with Crippen LogP contribution in [-0.2, 0) is 4.79 Å². The van der Waals surface area contributed by atoms with Gasteiger partial charge in [0.2, 0.25) is 5.91 Å². The van der Waals surface area contributed by atoms with Crippen molar-refractivity contribution in [1.82, 2.24) is 0 Å². The van der Waals surface area contributed by atoms with Crippen LogP contribution in [0.1, 0.15) is 6.92 Å². The maximum Gasteiger partial charge on any atom is 0.296 e. The lowest BCUT2D eigenvalue weighted by atomic mass is 10.2. The van der Waals surface area contributed by atoms with Crippen molar-refractivity contribution in [2.75, 3.05) is 12.4 Å². The molecule has 0 spiro atoms. The van der Waals surface area contributed by atoms with Crippen molar-refractivity contribution in [2.24, 2.45) is 0 Å². The summed E-state index contributed by atoms with van der Waals surface area (Å²) >= 11 is 0. The van der Waals surface area contributed by atoms with E-state index in [0.717, 1.165) is 12.1 Å². The van der Waals surface area contributed by atoms with E-state index in [2.05, 4.69) is 5.32 Å². The third-order valence-corrected chi connectivity index (χ3v) is 1.80. The van der Waals surface area contributed by atoms with Crippen LogP contribution in [-0.4, -0.2) is 23.0 Å². The molecule has 7 heteroatoms. The Labute approximate surface area is 90.8 Å². The molecule has 0 aliphatic carbocycles. The van der Waals surface area contributed by atoms with E-state index >= 15 is 0 Å². The highest BCUT2D eigenvalue weighted by Crippen LogP contribution is 2.36. The van der Waals surface area contributed by atoms with Gasteiger partial charge in [0, 0.05) is 13.0 Å². The fraction of sp³-hybridized carbons (Fsp3) is 0.222. The molecular formula is C9H10N2O5. The number of hydrogen-bond acceptors (Lipinski definition) is 5. The number of aromatic hydroxyl groups is 1. The highest BCUT2D eigenvalue weighted by Gasteiger charge is 2.19. The Balaban J connectivity index is 3.30. The van der Waals surface area contributed by atoms with E-state index in [4.69, 9.17) is 4.74 Å². The lowest BCUT2D eigenvalue weighted by Crippen LogP contribution is -2.08. The Morgan fingerprint density at radius 1 is 1.56 bits per heavy atom. The number of nitro groups is 1. The third-order valence-electron chi connectivity index (χ3n) is 1.80. The molecule has 1 amide bonds. The number of phenols is 1. The SMILES string of the molecule is COc1cc([N+](=O)[O-])c(NC(C)=O)cc1O. The van der Waals surface area contributed by atoms with E-state index in [1.54, 1.807) is 0 Å². The molecule has 0 saturated heterocycles. The first-order valence-electron chi connectivity index (χ1n) is 4.28. The molecule has 0 aromatic heterocycles. The molecule has 1 rings (SSSR count). The standard InChI is InChI=1S/C9H10N2O5/c1-5(12)10-6-3-8(13)9(16-2)4-7(6)11(14)15/h3-4,13H,1-2H3,(H,10,12). The molecule has 86 valence electrons. The Morgan fingerprint density at radius 2 is 2.19 bits per heavy atom. The fourth-order valence-corrected chi connectivity index (χ4v) is 1.16. The number of hydrogen-bond donors (Lipinski definition) is 2. The monoisotopic (exact) mass is 226 g/mol. The number of carbonyl (C=O) groups is 1. The molecule has 16 heavy (non-hydrogen) atoms. The second-order valence-corrected chi connectivity index (χ2v) is 2.98. The fourth-order valence-electron chi connectivity index (χ4n) is 1.16. The number of anilines is 1. The Bertz CT molecular complexity index is 444. The molecule has 0 aliphatic heterocycles. The summed E-state index contributed by atoms with van der Waals surface area (Å²) in [6.45, 7) is 1.21. The van der Waals surface area contributed by atoms with Gasteiger partial charge in [-0.1, -0.05) is 0 Å². The lowest BCUT2D eigenvalue weighted by molar-refractivity contribution is -0.384. The van der Waals surface area contributed by atoms with Crippen LogP contribution in [0.15, 0.2) is 12.1 Å². The first-order valence-corrected chi connectivity index (χ1v) is 4.28. The van der Waals surface area contributed by atoms with Gasteiger partial charge in [-0.15, -0.1) is 0 Å². The molecule has 0 unspecified atom stereocenters. The molecule has 0 aliphatic rings. The average molecular weight is 226 g/mol. The van der Waals surface area contributed by atoms with Crippen molar-refractivity contribution in [3.8, 4) is 11.5 Å². The van der Waals surface area contributed by atoms with Crippen molar-refractivity contribution in [2.45, 2.75) is 6.92 Å². The Hall–Kier alpha value is -2.31. The van der Waals surface area contributed by atoms with Gasteiger partial charge in [0.25, 0.3) is 5.69 Å². The molecule has 2 N–H and O–H groups in total. The van der Waals surface area contributed by atoms with Gasteiger partial charge in [-0.05, 0) is 0 Å². The van der Waals surface area contributed by atoms with E-state index in [9.17, 15) is 20.0 Å². The predicted octanol–water partition coefficient (Wildman–Crippen LogP) is 1.27. The molecule has 1 aromatic rings. The Kier molecular flexibility index (Phi) is 3.29. The van der Waals surface area contributed by atoms with Crippen molar-refractivity contribution >= 4 is 17.3 Å². The molecule has 0 atom stereocenters. The van der Waals surface area contributed by atoms with Crippen LogP contribution in [0.5, 0.6) is 11.5 Å². The van der Waals surface area contributed by atoms with Gasteiger partial charge in [0.05, 0.1) is 18.1 Å². The summed E-state index contributed by atoms with van der Waals surface area (Å²) in [5, 5.41) is 22.4. The van der Waals surface area contributed by atoms with E-state index in [1.807, 2.05) is 0 Å². The van der Waals surface area contributed by atoms with Gasteiger partial charge in [0.1, 0.15) is 5.69 Å². The normalized spacial score (nSPS) is 9.62. The number of methoxy groups -OCH3 is 1. The lowest BCUT2D eigenvalue weighted by Gasteiger charge is -2.07. The van der Waals surface area contributed by atoms with Crippen LogP contribution in [0.25, 0.3) is 0 Å². The maximum atomic E-state index is 10.8. The summed E-state index contributed by atoms with van der Waals surface area (Å²) in [6, 6.07) is 2.11. The van der Waals surface area contributed by atoms with Gasteiger partial charge in [-0.3, -0.25) is 14.9 Å². The van der Waals surface area contributed by atoms with Gasteiger partial charge in [-0.25, -0.2) is 0 Å². The van der Waals surface area contributed by atoms with E-state index in [-0.39, 0.29) is 22.9 Å². The summed E-state index contributed by atoms with van der Waals surface area (Å²) in [5.41, 5.74) is -0.416. The zero-order valence-corrected chi connectivity index (χ0v) is 8.68. The second kappa shape index (κ2) is 4.47. The average Bonchev–Trinajstić information content (AvgIpc) is 2.16. The van der Waals surface area contributed by atoms with Crippen LogP contribution in [0.3, 0.4) is 0 Å². The molecule has 0 radical (unpaired) electrons. The highest BCUT2D eigenvalue weighted by molar-refractivity contribution is 5.92. The van der Waals surface area contributed by atoms with Crippen LogP contribution in [0.2, 0.25) is 0 Å². The van der Waals surface area contributed by atoms with Crippen molar-refractivity contribution in [3.05, 3.63) is 22.2 Å². The minimum Gasteiger partial charge on any atom is -0.504 e. The van der Waals surface area contributed by atoms with Crippen LogP contribution in [0, 0.1) is 10.1 Å². The summed E-state index contributed by atoms with van der Waals surface area (Å²) in [6.07, 6.45) is 0. The zero-order chi connectivity index (χ0) is 12.3. The summed E-state index contributed by atoms with van der Waals surface area (Å²) < 4.78 is 4.73. The van der Waals surface area contributed by atoms with Gasteiger partial charge in [-0.2, -0.15) is 0 Å². The molecule has 7 nitrogen and oxygen atoms in total. The van der Waals surface area contributed by atoms with Crippen molar-refractivity contribution in [3.63, 3.8) is 0 Å². The molecule has 0 bridgehead atoms. The van der Waals surface area contributed by atoms with E-state index < -0.39 is 10.8 Å². The third kappa shape index (κ3) is 2.38. The predicted molar refractivity (Wildman–Crippen MR) is 55.6 cm³/mol. The number of rotatable bonds is 3. The first kappa shape index (κ1) is 11.8. The van der Waals surface area contributed by atoms with Crippen LogP contribution >= 0.6 is 0 Å². The number of ether oxygens (including phenoxy) is 1. The molecule has 0 saturated carbocycles. The van der Waals surface area contributed by atoms with Gasteiger partial charge in [0.15, 0.2) is 11.5 Å². The number of nitro benzene ring substituents is 1. The highest BCUT2D eigenvalue weighted by atomic mass is 16.6. The summed E-state index contributed by atoms with van der Waals surface area (Å²) in [5.74, 6) is -0.773. The summed E-state index contributed by atoms with van der Waals surface area (Å²) in [4.78, 5) is 20.8. The number of phenolic OH excluding ortho intramolecular Hbond substituents is 1. The zero-order valence-electron chi connectivity index (χ0n) is 8.68. The molecule has 0 heterocycles. The topological polar surface area (TPSA) is 102 Å². The van der Waals surface area contributed by atoms with Crippen LogP contribution in [0.4, 0.5) is 11.4 Å².